The van der Waals surface area contributed by atoms with E-state index in [2.05, 4.69) is 5.32 Å². The number of alkyl halides is 3. The van der Waals surface area contributed by atoms with Gasteiger partial charge >= 0.3 is 6.18 Å². The van der Waals surface area contributed by atoms with Gasteiger partial charge < -0.3 is 16.2 Å². The van der Waals surface area contributed by atoms with Gasteiger partial charge in [0.2, 0.25) is 5.91 Å². The minimum atomic E-state index is -4.56. The maximum Gasteiger partial charge on any atom is 0.418 e. The number of phenolic OH excluding ortho intramolecular Hbond substituents is 1. The number of nitrogens with one attached hydrogen (secondary N) is 1. The Morgan fingerprint density at radius 1 is 1.18 bits per heavy atom. The van der Waals surface area contributed by atoms with Gasteiger partial charge in [-0.05, 0) is 35.9 Å². The molecular formula is C15H13F3N2O2. The summed E-state index contributed by atoms with van der Waals surface area (Å²) in [4.78, 5) is 11.9. The molecule has 2 aromatic carbocycles. The normalized spacial score (nSPS) is 11.2. The number of halogens is 3. The van der Waals surface area contributed by atoms with Gasteiger partial charge in [0, 0.05) is 5.69 Å². The second kappa shape index (κ2) is 5.97. The Kier molecular flexibility index (Phi) is 4.25. The van der Waals surface area contributed by atoms with Crippen molar-refractivity contribution in [1.82, 2.24) is 0 Å². The summed E-state index contributed by atoms with van der Waals surface area (Å²) in [6.45, 7) is 0. The number of carbonyl (C=O) groups is 1. The van der Waals surface area contributed by atoms with Crippen LogP contribution in [0.2, 0.25) is 0 Å². The number of nitrogen functional groups attached to an aromatic ring is 1. The Hall–Kier alpha value is -2.70. The number of para-hydroxylation sites is 1. The first-order valence-electron chi connectivity index (χ1n) is 6.31. The van der Waals surface area contributed by atoms with E-state index in [0.29, 0.717) is 5.56 Å². The Labute approximate surface area is 124 Å². The molecule has 0 bridgehead atoms. The lowest BCUT2D eigenvalue weighted by molar-refractivity contribution is -0.137. The van der Waals surface area contributed by atoms with Crippen LogP contribution in [0, 0.1) is 0 Å². The van der Waals surface area contributed by atoms with Crippen molar-refractivity contribution in [2.24, 2.45) is 0 Å². The summed E-state index contributed by atoms with van der Waals surface area (Å²) < 4.78 is 38.5. The van der Waals surface area contributed by atoms with Gasteiger partial charge in [0.1, 0.15) is 5.75 Å². The minimum Gasteiger partial charge on any atom is -0.508 e. The van der Waals surface area contributed by atoms with Gasteiger partial charge in [0.25, 0.3) is 0 Å². The zero-order valence-electron chi connectivity index (χ0n) is 11.3. The smallest absolute Gasteiger partial charge is 0.418 e. The number of nitrogens with two attached hydrogens (primary N) is 1. The molecule has 116 valence electrons. The van der Waals surface area contributed by atoms with E-state index in [1.165, 1.54) is 36.4 Å². The molecule has 0 radical (unpaired) electrons. The monoisotopic (exact) mass is 310 g/mol. The van der Waals surface area contributed by atoms with Crippen LogP contribution in [0.1, 0.15) is 11.1 Å². The van der Waals surface area contributed by atoms with Crippen LogP contribution in [0.4, 0.5) is 24.5 Å². The molecule has 4 nitrogen and oxygen atoms in total. The fourth-order valence-electron chi connectivity index (χ4n) is 1.95. The molecule has 7 heteroatoms. The van der Waals surface area contributed by atoms with Gasteiger partial charge in [-0.1, -0.05) is 12.1 Å². The van der Waals surface area contributed by atoms with Gasteiger partial charge in [-0.3, -0.25) is 4.79 Å². The van der Waals surface area contributed by atoms with E-state index in [0.717, 1.165) is 6.07 Å². The van der Waals surface area contributed by atoms with Crippen molar-refractivity contribution in [1.29, 1.82) is 0 Å². The third kappa shape index (κ3) is 3.69. The Bertz CT molecular complexity index is 699. The molecule has 0 aromatic heterocycles. The topological polar surface area (TPSA) is 75.3 Å². The fourth-order valence-corrected chi connectivity index (χ4v) is 1.95. The number of amides is 1. The second-order valence-corrected chi connectivity index (χ2v) is 4.65. The summed E-state index contributed by atoms with van der Waals surface area (Å²) in [5, 5.41) is 11.6. The highest BCUT2D eigenvalue weighted by Crippen LogP contribution is 2.34. The van der Waals surface area contributed by atoms with Gasteiger partial charge in [-0.2, -0.15) is 13.2 Å². The van der Waals surface area contributed by atoms with E-state index >= 15 is 0 Å². The van der Waals surface area contributed by atoms with Crippen molar-refractivity contribution in [2.75, 3.05) is 11.1 Å². The van der Waals surface area contributed by atoms with Crippen LogP contribution in [0.15, 0.2) is 42.5 Å². The molecule has 1 amide bonds. The predicted molar refractivity (Wildman–Crippen MR) is 76.3 cm³/mol. The highest BCUT2D eigenvalue weighted by atomic mass is 19.4. The highest BCUT2D eigenvalue weighted by Gasteiger charge is 2.33. The molecule has 0 saturated carbocycles. The summed E-state index contributed by atoms with van der Waals surface area (Å²) in [6.07, 6.45) is -4.81. The summed E-state index contributed by atoms with van der Waals surface area (Å²) in [5.41, 5.74) is 5.02. The minimum absolute atomic E-state index is 0.0762. The third-order valence-electron chi connectivity index (χ3n) is 2.98. The number of hydrogen-bond donors (Lipinski definition) is 3. The van der Waals surface area contributed by atoms with Crippen LogP contribution in [0.25, 0.3) is 0 Å². The molecule has 0 atom stereocenters. The van der Waals surface area contributed by atoms with Crippen LogP contribution >= 0.6 is 0 Å². The molecule has 0 unspecified atom stereocenters. The standard InChI is InChI=1S/C15H13F3N2O2/c16-15(17,18)11-3-1-2-4-13(11)20-14(22)8-9-7-10(21)5-6-12(9)19/h1-7,21H,8,19H2,(H,20,22). The van der Waals surface area contributed by atoms with Crippen LogP contribution in [-0.2, 0) is 17.4 Å². The number of benzene rings is 2. The zero-order chi connectivity index (χ0) is 16.3. The quantitative estimate of drug-likeness (QED) is 0.602. The number of carbonyl (C=O) groups excluding carboxylic acids is 1. The molecule has 2 aromatic rings. The molecule has 0 fully saturated rings. The largest absolute Gasteiger partial charge is 0.508 e. The Balaban J connectivity index is 2.18. The van der Waals surface area contributed by atoms with E-state index in [9.17, 15) is 23.1 Å². The van der Waals surface area contributed by atoms with E-state index in [1.807, 2.05) is 0 Å². The lowest BCUT2D eigenvalue weighted by Crippen LogP contribution is -2.18. The van der Waals surface area contributed by atoms with Crippen LogP contribution in [0.5, 0.6) is 5.75 Å². The zero-order valence-corrected chi connectivity index (χ0v) is 11.3. The maximum atomic E-state index is 12.8. The van der Waals surface area contributed by atoms with Gasteiger partial charge in [0.05, 0.1) is 17.7 Å². The Morgan fingerprint density at radius 3 is 2.55 bits per heavy atom. The Morgan fingerprint density at radius 2 is 1.86 bits per heavy atom. The van der Waals surface area contributed by atoms with E-state index in [4.69, 9.17) is 5.73 Å². The highest BCUT2D eigenvalue weighted by molar-refractivity contribution is 5.93. The third-order valence-corrected chi connectivity index (χ3v) is 2.98. The maximum absolute atomic E-state index is 12.8. The van der Waals surface area contributed by atoms with Crippen molar-refractivity contribution in [3.8, 4) is 5.75 Å². The summed E-state index contributed by atoms with van der Waals surface area (Å²) >= 11 is 0. The SMILES string of the molecule is Nc1ccc(O)cc1CC(=O)Nc1ccccc1C(F)(F)F. The lowest BCUT2D eigenvalue weighted by atomic mass is 10.1. The van der Waals surface area contributed by atoms with E-state index < -0.39 is 17.6 Å². The number of rotatable bonds is 3. The first kappa shape index (κ1) is 15.7. The number of aromatic hydroxyl groups is 1. The van der Waals surface area contributed by atoms with Crippen LogP contribution < -0.4 is 11.1 Å². The second-order valence-electron chi connectivity index (χ2n) is 4.65. The van der Waals surface area contributed by atoms with Crippen molar-refractivity contribution in [2.45, 2.75) is 12.6 Å². The van der Waals surface area contributed by atoms with Crippen LogP contribution in [-0.4, -0.2) is 11.0 Å². The molecule has 2 rings (SSSR count). The average Bonchev–Trinajstić information content (AvgIpc) is 2.42. The van der Waals surface area contributed by atoms with Crippen molar-refractivity contribution in [3.05, 3.63) is 53.6 Å². The lowest BCUT2D eigenvalue weighted by Gasteiger charge is -2.14. The van der Waals surface area contributed by atoms with Crippen molar-refractivity contribution >= 4 is 17.3 Å². The first-order valence-corrected chi connectivity index (χ1v) is 6.31. The summed E-state index contributed by atoms with van der Waals surface area (Å²) in [7, 11) is 0. The predicted octanol–water partition coefficient (Wildman–Crippen LogP) is 3.17. The number of hydrogen-bond acceptors (Lipinski definition) is 3. The van der Waals surface area contributed by atoms with Gasteiger partial charge in [0.15, 0.2) is 0 Å². The summed E-state index contributed by atoms with van der Waals surface area (Å²) in [5.74, 6) is -0.735. The van der Waals surface area contributed by atoms with E-state index in [-0.39, 0.29) is 23.5 Å². The van der Waals surface area contributed by atoms with E-state index in [1.54, 1.807) is 0 Å². The molecule has 0 aliphatic carbocycles. The van der Waals surface area contributed by atoms with Gasteiger partial charge in [-0.15, -0.1) is 0 Å². The summed E-state index contributed by atoms with van der Waals surface area (Å²) in [6, 6.07) is 8.77. The molecule has 22 heavy (non-hydrogen) atoms. The molecule has 0 aliphatic heterocycles. The van der Waals surface area contributed by atoms with Gasteiger partial charge in [-0.25, -0.2) is 0 Å². The molecule has 0 spiro atoms. The molecular weight excluding hydrogens is 297 g/mol. The average molecular weight is 310 g/mol. The van der Waals surface area contributed by atoms with Crippen molar-refractivity contribution in [3.63, 3.8) is 0 Å². The molecule has 4 N–H and O–H groups in total. The fraction of sp³-hybridized carbons (Fsp3) is 0.133. The molecule has 0 saturated heterocycles. The molecule has 0 heterocycles. The van der Waals surface area contributed by atoms with Crippen molar-refractivity contribution < 1.29 is 23.1 Å². The first-order chi connectivity index (χ1) is 10.3. The number of anilines is 2. The number of phenols is 1. The molecule has 0 aliphatic rings. The van der Waals surface area contributed by atoms with Crippen LogP contribution in [0.3, 0.4) is 0 Å².